The van der Waals surface area contributed by atoms with Crippen molar-refractivity contribution in [3.05, 3.63) is 78.0 Å². The zero-order valence-corrected chi connectivity index (χ0v) is 13.1. The van der Waals surface area contributed by atoms with Gasteiger partial charge in [0.05, 0.1) is 17.4 Å². The smallest absolute Gasteiger partial charge is 0.267 e. The van der Waals surface area contributed by atoms with Gasteiger partial charge >= 0.3 is 0 Å². The van der Waals surface area contributed by atoms with E-state index in [9.17, 15) is 9.59 Å². The maximum absolute atomic E-state index is 12.4. The maximum atomic E-state index is 12.4. The number of hydrogen-bond acceptors (Lipinski definition) is 4. The molecule has 6 heteroatoms. The molecule has 2 aromatic carbocycles. The highest BCUT2D eigenvalue weighted by Crippen LogP contribution is 2.26. The molecule has 0 atom stereocenters. The Morgan fingerprint density at radius 1 is 1.00 bits per heavy atom. The summed E-state index contributed by atoms with van der Waals surface area (Å²) >= 11 is 0. The second-order valence-corrected chi connectivity index (χ2v) is 5.23. The summed E-state index contributed by atoms with van der Waals surface area (Å²) in [6.07, 6.45) is 4.25. The molecule has 0 saturated heterocycles. The molecule has 25 heavy (non-hydrogen) atoms. The van der Waals surface area contributed by atoms with E-state index < -0.39 is 5.91 Å². The second-order valence-electron chi connectivity index (χ2n) is 5.23. The van der Waals surface area contributed by atoms with Crippen LogP contribution in [0, 0.1) is 0 Å². The van der Waals surface area contributed by atoms with Gasteiger partial charge in [-0.25, -0.2) is 5.48 Å². The predicted molar refractivity (Wildman–Crippen MR) is 95.1 cm³/mol. The minimum Gasteiger partial charge on any atom is -0.320 e. The van der Waals surface area contributed by atoms with Crippen LogP contribution in [0.15, 0.2) is 66.9 Å². The van der Waals surface area contributed by atoms with Gasteiger partial charge in [-0.1, -0.05) is 36.4 Å². The number of nitrogens with zero attached hydrogens (tertiary/aromatic N) is 1. The van der Waals surface area contributed by atoms with Crippen molar-refractivity contribution in [2.75, 3.05) is 5.32 Å². The van der Waals surface area contributed by atoms with Gasteiger partial charge in [0.1, 0.15) is 0 Å². The molecule has 0 saturated carbocycles. The Bertz CT molecular complexity index is 953. The van der Waals surface area contributed by atoms with Crippen molar-refractivity contribution in [2.45, 2.75) is 0 Å². The SMILES string of the molecule is O=C(/C=C/c1c(NC(=O)c2ccccc2)cnc2ccccc12)NO. The third kappa shape index (κ3) is 3.70. The fourth-order valence-corrected chi connectivity index (χ4v) is 2.42. The van der Waals surface area contributed by atoms with Crippen molar-refractivity contribution >= 4 is 34.5 Å². The van der Waals surface area contributed by atoms with Crippen molar-refractivity contribution in [1.82, 2.24) is 10.5 Å². The van der Waals surface area contributed by atoms with Gasteiger partial charge in [0, 0.05) is 22.6 Å². The summed E-state index contributed by atoms with van der Waals surface area (Å²) in [5.41, 5.74) is 3.87. The number of hydroxylamine groups is 1. The van der Waals surface area contributed by atoms with Crippen LogP contribution < -0.4 is 10.8 Å². The van der Waals surface area contributed by atoms with Crippen molar-refractivity contribution in [1.29, 1.82) is 0 Å². The number of fused-ring (bicyclic) bond motifs is 1. The molecule has 0 fully saturated rings. The number of anilines is 1. The highest BCUT2D eigenvalue weighted by molar-refractivity contribution is 6.07. The van der Waals surface area contributed by atoms with Gasteiger partial charge in [0.15, 0.2) is 0 Å². The van der Waals surface area contributed by atoms with Gasteiger partial charge in [0.25, 0.3) is 11.8 Å². The summed E-state index contributed by atoms with van der Waals surface area (Å²) in [5.74, 6) is -0.944. The van der Waals surface area contributed by atoms with Gasteiger partial charge in [-0.05, 0) is 24.3 Å². The van der Waals surface area contributed by atoms with Gasteiger partial charge in [-0.2, -0.15) is 0 Å². The summed E-state index contributed by atoms with van der Waals surface area (Å²) in [6, 6.07) is 16.2. The zero-order chi connectivity index (χ0) is 17.6. The molecule has 1 aromatic heterocycles. The number of rotatable bonds is 4. The van der Waals surface area contributed by atoms with E-state index in [1.54, 1.807) is 35.9 Å². The summed E-state index contributed by atoms with van der Waals surface area (Å²) in [5, 5.41) is 12.2. The molecular formula is C19H15N3O3. The van der Waals surface area contributed by atoms with Crippen LogP contribution in [-0.4, -0.2) is 22.0 Å². The van der Waals surface area contributed by atoms with Crippen LogP contribution in [0.4, 0.5) is 5.69 Å². The first-order chi connectivity index (χ1) is 12.2. The van der Waals surface area contributed by atoms with Crippen molar-refractivity contribution in [2.24, 2.45) is 0 Å². The molecule has 3 aromatic rings. The largest absolute Gasteiger partial charge is 0.320 e. The third-order valence-electron chi connectivity index (χ3n) is 3.61. The van der Waals surface area contributed by atoms with Gasteiger partial charge < -0.3 is 5.32 Å². The maximum Gasteiger partial charge on any atom is 0.267 e. The molecular weight excluding hydrogens is 318 g/mol. The van der Waals surface area contributed by atoms with Crippen molar-refractivity contribution < 1.29 is 14.8 Å². The molecule has 3 N–H and O–H groups in total. The average Bonchev–Trinajstić information content (AvgIpc) is 2.67. The van der Waals surface area contributed by atoms with Gasteiger partial charge in [0.2, 0.25) is 0 Å². The Morgan fingerprint density at radius 3 is 2.48 bits per heavy atom. The number of carbonyl (C=O) groups excluding carboxylic acids is 2. The lowest BCUT2D eigenvalue weighted by Crippen LogP contribution is -2.15. The monoisotopic (exact) mass is 333 g/mol. The number of pyridine rings is 1. The van der Waals surface area contributed by atoms with Crippen LogP contribution in [-0.2, 0) is 4.79 Å². The Morgan fingerprint density at radius 2 is 1.72 bits per heavy atom. The summed E-state index contributed by atoms with van der Waals surface area (Å²) in [7, 11) is 0. The molecule has 124 valence electrons. The van der Waals surface area contributed by atoms with Crippen LogP contribution in [0.3, 0.4) is 0 Å². The van der Waals surface area contributed by atoms with Crippen molar-refractivity contribution in [3.63, 3.8) is 0 Å². The number of nitrogens with one attached hydrogen (secondary N) is 2. The first-order valence-electron chi connectivity index (χ1n) is 7.55. The van der Waals surface area contributed by atoms with E-state index in [0.717, 1.165) is 10.9 Å². The van der Waals surface area contributed by atoms with E-state index in [1.807, 2.05) is 30.3 Å². The third-order valence-corrected chi connectivity index (χ3v) is 3.61. The summed E-state index contributed by atoms with van der Waals surface area (Å²) in [4.78, 5) is 28.1. The van der Waals surface area contributed by atoms with Gasteiger partial charge in [-0.15, -0.1) is 0 Å². The lowest BCUT2D eigenvalue weighted by molar-refractivity contribution is -0.124. The quantitative estimate of drug-likeness (QED) is 0.389. The molecule has 2 amide bonds. The molecule has 1 heterocycles. The van der Waals surface area contributed by atoms with E-state index in [0.29, 0.717) is 16.8 Å². The van der Waals surface area contributed by atoms with E-state index in [2.05, 4.69) is 10.3 Å². The van der Waals surface area contributed by atoms with E-state index in [1.165, 1.54) is 12.2 Å². The molecule has 0 aliphatic carbocycles. The molecule has 6 nitrogen and oxygen atoms in total. The highest BCUT2D eigenvalue weighted by atomic mass is 16.5. The zero-order valence-electron chi connectivity index (χ0n) is 13.1. The normalized spacial score (nSPS) is 10.8. The number of hydrogen-bond donors (Lipinski definition) is 3. The van der Waals surface area contributed by atoms with Crippen LogP contribution >= 0.6 is 0 Å². The molecule has 0 aliphatic heterocycles. The number of benzene rings is 2. The number of para-hydroxylation sites is 1. The average molecular weight is 333 g/mol. The lowest BCUT2D eigenvalue weighted by Gasteiger charge is -2.11. The number of carbonyl (C=O) groups is 2. The fraction of sp³-hybridized carbons (Fsp3) is 0. The van der Waals surface area contributed by atoms with Crippen LogP contribution in [0.1, 0.15) is 15.9 Å². The molecule has 0 spiro atoms. The molecule has 0 unspecified atom stereocenters. The standard InChI is InChI=1S/C19H15N3O3/c23-18(22-25)11-10-15-14-8-4-5-9-16(14)20-12-17(15)21-19(24)13-6-2-1-3-7-13/h1-12,25H,(H,21,24)(H,22,23)/b11-10+. The minimum absolute atomic E-state index is 0.279. The van der Waals surface area contributed by atoms with Crippen molar-refractivity contribution in [3.8, 4) is 0 Å². The molecule has 0 aliphatic rings. The Kier molecular flexibility index (Phi) is 4.82. The van der Waals surface area contributed by atoms with Gasteiger partial charge in [-0.3, -0.25) is 19.8 Å². The van der Waals surface area contributed by atoms with Crippen LogP contribution in [0.5, 0.6) is 0 Å². The Hall–Kier alpha value is -3.51. The number of aromatic nitrogens is 1. The topological polar surface area (TPSA) is 91.3 Å². The first kappa shape index (κ1) is 16.4. The molecule has 0 radical (unpaired) electrons. The summed E-state index contributed by atoms with van der Waals surface area (Å²) < 4.78 is 0. The number of amides is 2. The Labute approximate surface area is 143 Å². The minimum atomic E-state index is -0.666. The van der Waals surface area contributed by atoms with Crippen LogP contribution in [0.2, 0.25) is 0 Å². The van der Waals surface area contributed by atoms with Crippen LogP contribution in [0.25, 0.3) is 17.0 Å². The van der Waals surface area contributed by atoms with E-state index in [-0.39, 0.29) is 5.91 Å². The predicted octanol–water partition coefficient (Wildman–Crippen LogP) is 3.01. The molecule has 3 rings (SSSR count). The lowest BCUT2D eigenvalue weighted by atomic mass is 10.1. The molecule has 0 bridgehead atoms. The van der Waals surface area contributed by atoms with E-state index in [4.69, 9.17) is 5.21 Å². The first-order valence-corrected chi connectivity index (χ1v) is 7.55. The second kappa shape index (κ2) is 7.37. The Balaban J connectivity index is 2.03. The fourth-order valence-electron chi connectivity index (χ4n) is 2.42. The highest BCUT2D eigenvalue weighted by Gasteiger charge is 2.11. The summed E-state index contributed by atoms with van der Waals surface area (Å²) in [6.45, 7) is 0. The van der Waals surface area contributed by atoms with E-state index >= 15 is 0 Å².